The minimum Gasteiger partial charge on any atom is -0.489 e. The van der Waals surface area contributed by atoms with Crippen LogP contribution in [0.25, 0.3) is 0 Å². The van der Waals surface area contributed by atoms with Crippen LogP contribution in [0.15, 0.2) is 42.5 Å². The van der Waals surface area contributed by atoms with Crippen LogP contribution in [-0.4, -0.2) is 32.1 Å². The smallest absolute Gasteiger partial charge is 0.119 e. The molecule has 2 aromatic carbocycles. The third kappa shape index (κ3) is 6.70. The highest BCUT2D eigenvalue weighted by atomic mass is 35.5. The van der Waals surface area contributed by atoms with Gasteiger partial charge < -0.3 is 15.0 Å². The Morgan fingerprint density at radius 3 is 2.33 bits per heavy atom. The van der Waals surface area contributed by atoms with E-state index >= 15 is 0 Å². The molecule has 0 spiro atoms. The molecule has 0 fully saturated rings. The molecule has 0 saturated carbocycles. The van der Waals surface area contributed by atoms with E-state index in [1.807, 2.05) is 24.3 Å². The molecule has 1 N–H and O–H groups in total. The summed E-state index contributed by atoms with van der Waals surface area (Å²) < 4.78 is 5.78. The molecule has 130 valence electrons. The highest BCUT2D eigenvalue weighted by molar-refractivity contribution is 6.42. The van der Waals surface area contributed by atoms with Crippen molar-refractivity contribution in [2.45, 2.75) is 19.6 Å². The Balaban J connectivity index is 1.74. The molecule has 0 radical (unpaired) electrons. The summed E-state index contributed by atoms with van der Waals surface area (Å²) >= 11 is 11.9. The number of halogens is 2. The Labute approximate surface area is 154 Å². The monoisotopic (exact) mass is 366 g/mol. The standard InChI is InChI=1S/C19H24Cl2N2O/c1-23(2)11-3-10-22-13-15-4-7-17(8-5-15)24-14-16-6-9-18(20)19(21)12-16/h4-9,12,22H,3,10-11,13-14H2,1-2H3. The van der Waals surface area contributed by atoms with E-state index in [4.69, 9.17) is 27.9 Å². The first-order valence-electron chi connectivity index (χ1n) is 8.06. The maximum Gasteiger partial charge on any atom is 0.119 e. The van der Waals surface area contributed by atoms with Crippen molar-refractivity contribution in [1.82, 2.24) is 10.2 Å². The lowest BCUT2D eigenvalue weighted by molar-refractivity contribution is 0.306. The van der Waals surface area contributed by atoms with Crippen LogP contribution >= 0.6 is 23.2 Å². The molecular formula is C19H24Cl2N2O. The third-order valence-corrected chi connectivity index (χ3v) is 4.34. The van der Waals surface area contributed by atoms with Gasteiger partial charge in [0.1, 0.15) is 12.4 Å². The first-order chi connectivity index (χ1) is 11.5. The summed E-state index contributed by atoms with van der Waals surface area (Å²) in [5, 5.41) is 4.56. The van der Waals surface area contributed by atoms with Crippen LogP contribution < -0.4 is 10.1 Å². The Bertz CT molecular complexity index is 630. The minimum absolute atomic E-state index is 0.471. The fourth-order valence-corrected chi connectivity index (χ4v) is 2.57. The van der Waals surface area contributed by atoms with Crippen molar-refractivity contribution in [2.24, 2.45) is 0 Å². The molecule has 0 saturated heterocycles. The number of hydrogen-bond donors (Lipinski definition) is 1. The fourth-order valence-electron chi connectivity index (χ4n) is 2.25. The van der Waals surface area contributed by atoms with Crippen molar-refractivity contribution in [3.8, 4) is 5.75 Å². The summed E-state index contributed by atoms with van der Waals surface area (Å²) in [7, 11) is 4.19. The van der Waals surface area contributed by atoms with Gasteiger partial charge in [-0.3, -0.25) is 0 Å². The van der Waals surface area contributed by atoms with Gasteiger partial charge in [-0.25, -0.2) is 0 Å². The number of hydrogen-bond acceptors (Lipinski definition) is 3. The molecule has 0 aromatic heterocycles. The fraction of sp³-hybridized carbons (Fsp3) is 0.368. The molecule has 0 bridgehead atoms. The molecule has 0 heterocycles. The Hall–Kier alpha value is -1.26. The zero-order valence-corrected chi connectivity index (χ0v) is 15.7. The van der Waals surface area contributed by atoms with Gasteiger partial charge in [-0.1, -0.05) is 41.4 Å². The Morgan fingerprint density at radius 2 is 1.67 bits per heavy atom. The molecule has 2 aromatic rings. The van der Waals surface area contributed by atoms with E-state index in [-0.39, 0.29) is 0 Å². The van der Waals surface area contributed by atoms with Gasteiger partial charge in [-0.2, -0.15) is 0 Å². The first-order valence-corrected chi connectivity index (χ1v) is 8.81. The lowest BCUT2D eigenvalue weighted by Crippen LogP contribution is -2.20. The molecule has 0 aliphatic rings. The molecular weight excluding hydrogens is 343 g/mol. The Kier molecular flexibility index (Phi) is 7.86. The largest absolute Gasteiger partial charge is 0.489 e. The van der Waals surface area contributed by atoms with Crippen molar-refractivity contribution in [3.05, 3.63) is 63.6 Å². The topological polar surface area (TPSA) is 24.5 Å². The SMILES string of the molecule is CN(C)CCCNCc1ccc(OCc2ccc(Cl)c(Cl)c2)cc1. The zero-order chi connectivity index (χ0) is 17.4. The van der Waals surface area contributed by atoms with Crippen LogP contribution in [0.5, 0.6) is 5.75 Å². The molecule has 0 aliphatic carbocycles. The molecule has 0 aliphatic heterocycles. The predicted octanol–water partition coefficient (Wildman–Crippen LogP) is 4.61. The van der Waals surface area contributed by atoms with E-state index in [2.05, 4.69) is 36.4 Å². The number of nitrogens with zero attached hydrogens (tertiary/aromatic N) is 1. The quantitative estimate of drug-likeness (QED) is 0.655. The molecule has 24 heavy (non-hydrogen) atoms. The predicted molar refractivity (Wildman–Crippen MR) is 102 cm³/mol. The number of benzene rings is 2. The van der Waals surface area contributed by atoms with E-state index in [0.29, 0.717) is 16.7 Å². The van der Waals surface area contributed by atoms with E-state index in [1.165, 1.54) is 5.56 Å². The second-order valence-electron chi connectivity index (χ2n) is 6.01. The third-order valence-electron chi connectivity index (χ3n) is 3.60. The lowest BCUT2D eigenvalue weighted by Gasteiger charge is -2.10. The van der Waals surface area contributed by atoms with Crippen LogP contribution in [0.4, 0.5) is 0 Å². The summed E-state index contributed by atoms with van der Waals surface area (Å²) in [5.74, 6) is 0.845. The van der Waals surface area contributed by atoms with Gasteiger partial charge in [0.2, 0.25) is 0 Å². The average molecular weight is 367 g/mol. The van der Waals surface area contributed by atoms with Crippen LogP contribution in [-0.2, 0) is 13.2 Å². The van der Waals surface area contributed by atoms with Gasteiger partial charge in [0.15, 0.2) is 0 Å². The molecule has 0 amide bonds. The van der Waals surface area contributed by atoms with Crippen LogP contribution in [0.3, 0.4) is 0 Å². The average Bonchev–Trinajstić information content (AvgIpc) is 2.56. The van der Waals surface area contributed by atoms with Crippen molar-refractivity contribution in [1.29, 1.82) is 0 Å². The van der Waals surface area contributed by atoms with Gasteiger partial charge in [-0.05, 0) is 69.0 Å². The summed E-state index contributed by atoms with van der Waals surface area (Å²) in [5.41, 5.74) is 2.25. The van der Waals surface area contributed by atoms with Crippen molar-refractivity contribution in [3.63, 3.8) is 0 Å². The summed E-state index contributed by atoms with van der Waals surface area (Å²) in [6.07, 6.45) is 1.15. The second-order valence-corrected chi connectivity index (χ2v) is 6.83. The minimum atomic E-state index is 0.471. The van der Waals surface area contributed by atoms with Crippen molar-refractivity contribution >= 4 is 23.2 Å². The highest BCUT2D eigenvalue weighted by Gasteiger charge is 2.01. The van der Waals surface area contributed by atoms with Crippen molar-refractivity contribution in [2.75, 3.05) is 27.2 Å². The normalized spacial score (nSPS) is 11.0. The van der Waals surface area contributed by atoms with E-state index < -0.39 is 0 Å². The van der Waals surface area contributed by atoms with Crippen molar-refractivity contribution < 1.29 is 4.74 Å². The Morgan fingerprint density at radius 1 is 0.958 bits per heavy atom. The molecule has 0 unspecified atom stereocenters. The van der Waals surface area contributed by atoms with Gasteiger partial charge >= 0.3 is 0 Å². The van der Waals surface area contributed by atoms with E-state index in [0.717, 1.165) is 37.4 Å². The lowest BCUT2D eigenvalue weighted by atomic mass is 10.2. The summed E-state index contributed by atoms with van der Waals surface area (Å²) in [4.78, 5) is 2.20. The zero-order valence-electron chi connectivity index (χ0n) is 14.2. The summed E-state index contributed by atoms with van der Waals surface area (Å²) in [6.45, 7) is 3.47. The van der Waals surface area contributed by atoms with Gasteiger partial charge in [-0.15, -0.1) is 0 Å². The molecule has 5 heteroatoms. The van der Waals surface area contributed by atoms with E-state index in [1.54, 1.807) is 6.07 Å². The van der Waals surface area contributed by atoms with Gasteiger partial charge in [0, 0.05) is 6.54 Å². The number of ether oxygens (including phenoxy) is 1. The number of rotatable bonds is 9. The van der Waals surface area contributed by atoms with E-state index in [9.17, 15) is 0 Å². The molecule has 0 atom stereocenters. The highest BCUT2D eigenvalue weighted by Crippen LogP contribution is 2.23. The maximum atomic E-state index is 6.01. The van der Waals surface area contributed by atoms with Crippen LogP contribution in [0, 0.1) is 0 Å². The maximum absolute atomic E-state index is 6.01. The second kappa shape index (κ2) is 9.90. The molecule has 3 nitrogen and oxygen atoms in total. The first kappa shape index (κ1) is 19.1. The number of nitrogens with one attached hydrogen (secondary N) is 1. The molecule has 2 rings (SSSR count). The van der Waals surface area contributed by atoms with Gasteiger partial charge in [0.25, 0.3) is 0 Å². The summed E-state index contributed by atoms with van der Waals surface area (Å²) in [6, 6.07) is 13.7. The van der Waals surface area contributed by atoms with Gasteiger partial charge in [0.05, 0.1) is 10.0 Å². The van der Waals surface area contributed by atoms with Crippen LogP contribution in [0.1, 0.15) is 17.5 Å². The van der Waals surface area contributed by atoms with Crippen LogP contribution in [0.2, 0.25) is 10.0 Å².